The molecule has 0 aliphatic carbocycles. The minimum Gasteiger partial charge on any atom is -0.384 e. The van der Waals surface area contributed by atoms with E-state index in [-0.39, 0.29) is 12.5 Å². The molecular formula is C16H13ClN2O2. The molecule has 0 radical (unpaired) electrons. The summed E-state index contributed by atoms with van der Waals surface area (Å²) >= 11 is 5.94. The van der Waals surface area contributed by atoms with Gasteiger partial charge in [-0.1, -0.05) is 23.4 Å². The van der Waals surface area contributed by atoms with Gasteiger partial charge in [-0.15, -0.1) is 0 Å². The summed E-state index contributed by atoms with van der Waals surface area (Å²) in [5.74, 6) is 5.02. The van der Waals surface area contributed by atoms with Gasteiger partial charge in [0.25, 0.3) is 5.91 Å². The molecule has 0 saturated heterocycles. The molecule has 1 heterocycles. The topological polar surface area (TPSA) is 62.2 Å². The summed E-state index contributed by atoms with van der Waals surface area (Å²) in [5.41, 5.74) is 2.36. The Labute approximate surface area is 127 Å². The number of anilines is 1. The number of halogens is 1. The molecule has 2 N–H and O–H groups in total. The van der Waals surface area contributed by atoms with Gasteiger partial charge in [-0.25, -0.2) is 0 Å². The van der Waals surface area contributed by atoms with Crippen LogP contribution in [0.5, 0.6) is 0 Å². The van der Waals surface area contributed by atoms with E-state index in [1.807, 2.05) is 6.92 Å². The minimum absolute atomic E-state index is 0.252. The Morgan fingerprint density at radius 3 is 2.86 bits per heavy atom. The summed E-state index contributed by atoms with van der Waals surface area (Å²) in [5, 5.41) is 12.0. The fourth-order valence-corrected chi connectivity index (χ4v) is 1.83. The number of aromatic nitrogens is 1. The van der Waals surface area contributed by atoms with Crippen LogP contribution in [0.4, 0.5) is 5.69 Å². The van der Waals surface area contributed by atoms with Crippen LogP contribution in [0, 0.1) is 18.8 Å². The largest absolute Gasteiger partial charge is 0.384 e. The highest BCUT2D eigenvalue weighted by molar-refractivity contribution is 6.31. The highest BCUT2D eigenvalue weighted by atomic mass is 35.5. The van der Waals surface area contributed by atoms with Gasteiger partial charge in [0.2, 0.25) is 0 Å². The van der Waals surface area contributed by atoms with Crippen LogP contribution >= 0.6 is 11.6 Å². The first-order valence-electron chi connectivity index (χ1n) is 6.23. The maximum Gasteiger partial charge on any atom is 0.257 e. The molecule has 1 amide bonds. The van der Waals surface area contributed by atoms with Gasteiger partial charge in [0.05, 0.1) is 11.3 Å². The van der Waals surface area contributed by atoms with Crippen LogP contribution in [0.25, 0.3) is 0 Å². The third kappa shape index (κ3) is 4.06. The second kappa shape index (κ2) is 6.89. The first-order valence-corrected chi connectivity index (χ1v) is 6.61. The van der Waals surface area contributed by atoms with Crippen molar-refractivity contribution in [2.24, 2.45) is 0 Å². The summed E-state index contributed by atoms with van der Waals surface area (Å²) in [6.07, 6.45) is 1.51. The fraction of sp³-hybridized carbons (Fsp3) is 0.125. The average molecular weight is 301 g/mol. The lowest BCUT2D eigenvalue weighted by Gasteiger charge is -2.08. The van der Waals surface area contributed by atoms with Crippen molar-refractivity contribution in [1.29, 1.82) is 0 Å². The molecule has 5 heteroatoms. The number of pyridine rings is 1. The zero-order valence-corrected chi connectivity index (χ0v) is 12.1. The number of nitrogens with one attached hydrogen (secondary N) is 1. The van der Waals surface area contributed by atoms with Crippen LogP contribution in [0.1, 0.15) is 21.6 Å². The van der Waals surface area contributed by atoms with Crippen molar-refractivity contribution >= 4 is 23.2 Å². The highest BCUT2D eigenvalue weighted by Gasteiger charge is 2.09. The van der Waals surface area contributed by atoms with E-state index >= 15 is 0 Å². The predicted octanol–water partition coefficient (Wildman–Crippen LogP) is 2.64. The second-order valence-corrected chi connectivity index (χ2v) is 4.73. The number of hydrogen-bond donors (Lipinski definition) is 2. The third-order valence-corrected chi connectivity index (χ3v) is 2.94. The van der Waals surface area contributed by atoms with Gasteiger partial charge in [0.15, 0.2) is 0 Å². The van der Waals surface area contributed by atoms with E-state index in [4.69, 9.17) is 16.7 Å². The van der Waals surface area contributed by atoms with Crippen LogP contribution in [0.15, 0.2) is 36.5 Å². The molecular weight excluding hydrogens is 288 g/mol. The summed E-state index contributed by atoms with van der Waals surface area (Å²) < 4.78 is 0. The van der Waals surface area contributed by atoms with Gasteiger partial charge in [0, 0.05) is 22.5 Å². The molecule has 0 fully saturated rings. The quantitative estimate of drug-likeness (QED) is 0.838. The molecule has 0 bridgehead atoms. The fourth-order valence-electron chi connectivity index (χ4n) is 1.66. The normalized spacial score (nSPS) is 9.67. The smallest absolute Gasteiger partial charge is 0.257 e. The second-order valence-electron chi connectivity index (χ2n) is 4.29. The Kier molecular flexibility index (Phi) is 4.94. The Morgan fingerprint density at radius 2 is 2.19 bits per heavy atom. The molecule has 4 nitrogen and oxygen atoms in total. The lowest BCUT2D eigenvalue weighted by atomic mass is 10.1. The minimum atomic E-state index is -0.295. The molecule has 21 heavy (non-hydrogen) atoms. The number of aliphatic hydroxyl groups is 1. The van der Waals surface area contributed by atoms with Crippen molar-refractivity contribution < 1.29 is 9.90 Å². The van der Waals surface area contributed by atoms with Crippen LogP contribution in [-0.4, -0.2) is 22.6 Å². The number of amides is 1. The summed E-state index contributed by atoms with van der Waals surface area (Å²) in [6.45, 7) is 1.60. The van der Waals surface area contributed by atoms with E-state index in [2.05, 4.69) is 22.1 Å². The number of carbonyl (C=O) groups excluding carboxylic acids is 1. The van der Waals surface area contributed by atoms with Crippen molar-refractivity contribution in [2.45, 2.75) is 6.92 Å². The van der Waals surface area contributed by atoms with Crippen molar-refractivity contribution in [3.8, 4) is 11.8 Å². The van der Waals surface area contributed by atoms with Gasteiger partial charge in [0.1, 0.15) is 6.61 Å². The molecule has 0 spiro atoms. The van der Waals surface area contributed by atoms with Crippen molar-refractivity contribution in [2.75, 3.05) is 11.9 Å². The molecule has 0 unspecified atom stereocenters. The number of benzene rings is 1. The van der Waals surface area contributed by atoms with Crippen LogP contribution in [0.2, 0.25) is 5.02 Å². The Hall–Kier alpha value is -2.35. The van der Waals surface area contributed by atoms with E-state index in [0.717, 1.165) is 5.69 Å². The van der Waals surface area contributed by atoms with E-state index in [1.165, 1.54) is 6.20 Å². The molecule has 2 rings (SSSR count). The number of aliphatic hydroxyl groups excluding tert-OH is 1. The van der Waals surface area contributed by atoms with Crippen LogP contribution < -0.4 is 5.32 Å². The highest BCUT2D eigenvalue weighted by Crippen LogP contribution is 2.21. The number of hydrogen-bond acceptors (Lipinski definition) is 3. The molecule has 2 aromatic rings. The molecule has 0 aliphatic rings. The number of aryl methyl sites for hydroxylation is 1. The number of carbonyl (C=O) groups is 1. The van der Waals surface area contributed by atoms with Crippen molar-refractivity contribution in [1.82, 2.24) is 4.98 Å². The van der Waals surface area contributed by atoms with E-state index in [0.29, 0.717) is 21.8 Å². The summed E-state index contributed by atoms with van der Waals surface area (Å²) in [7, 11) is 0. The van der Waals surface area contributed by atoms with E-state index in [1.54, 1.807) is 30.3 Å². The van der Waals surface area contributed by atoms with Crippen molar-refractivity contribution in [3.05, 3.63) is 58.4 Å². The van der Waals surface area contributed by atoms with E-state index < -0.39 is 0 Å². The lowest BCUT2D eigenvalue weighted by molar-refractivity contribution is 0.102. The Balaban J connectivity index is 2.27. The van der Waals surface area contributed by atoms with E-state index in [9.17, 15) is 4.79 Å². The predicted molar refractivity (Wildman–Crippen MR) is 82.3 cm³/mol. The summed E-state index contributed by atoms with van der Waals surface area (Å²) in [6, 6.07) is 8.43. The Bertz CT molecular complexity index is 715. The van der Waals surface area contributed by atoms with Gasteiger partial charge >= 0.3 is 0 Å². The number of nitrogens with zero attached hydrogens (tertiary/aromatic N) is 1. The molecule has 106 valence electrons. The van der Waals surface area contributed by atoms with Gasteiger partial charge < -0.3 is 10.4 Å². The maximum atomic E-state index is 12.2. The maximum absolute atomic E-state index is 12.2. The molecule has 1 aromatic carbocycles. The molecule has 0 atom stereocenters. The van der Waals surface area contributed by atoms with Crippen LogP contribution in [-0.2, 0) is 0 Å². The van der Waals surface area contributed by atoms with Gasteiger partial charge in [-0.2, -0.15) is 0 Å². The Morgan fingerprint density at radius 1 is 1.38 bits per heavy atom. The first kappa shape index (κ1) is 15.0. The third-order valence-electron chi connectivity index (χ3n) is 2.71. The first-order chi connectivity index (χ1) is 10.1. The lowest BCUT2D eigenvalue weighted by Crippen LogP contribution is -2.13. The van der Waals surface area contributed by atoms with Gasteiger partial charge in [-0.05, 0) is 37.3 Å². The number of rotatable bonds is 2. The molecule has 0 saturated carbocycles. The van der Waals surface area contributed by atoms with Crippen molar-refractivity contribution in [3.63, 3.8) is 0 Å². The zero-order valence-electron chi connectivity index (χ0n) is 11.4. The zero-order chi connectivity index (χ0) is 15.2. The molecule has 0 aliphatic heterocycles. The standard InChI is InChI=1S/C16H13ClN2O2/c1-11-4-5-13(10-18-11)16(21)19-15-9-14(17)7-6-12(15)3-2-8-20/h4-7,9-10,20H,8H2,1H3,(H,19,21). The average Bonchev–Trinajstić information content (AvgIpc) is 2.47. The monoisotopic (exact) mass is 300 g/mol. The van der Waals surface area contributed by atoms with Crippen LogP contribution in [0.3, 0.4) is 0 Å². The summed E-state index contributed by atoms with van der Waals surface area (Å²) in [4.78, 5) is 16.3. The molecule has 1 aromatic heterocycles. The van der Waals surface area contributed by atoms with Gasteiger partial charge in [-0.3, -0.25) is 9.78 Å². The SMILES string of the molecule is Cc1ccc(C(=O)Nc2cc(Cl)ccc2C#CCO)cn1.